The van der Waals surface area contributed by atoms with Crippen LogP contribution in [0.5, 0.6) is 5.75 Å². The summed E-state index contributed by atoms with van der Waals surface area (Å²) in [5.41, 5.74) is -1.19. The maximum Gasteiger partial charge on any atom is 0.408 e. The molecule has 5 rings (SSSR count). The first-order chi connectivity index (χ1) is 19.6. The average molecular weight is 552 g/mol. The molecule has 2 amide bonds. The van der Waals surface area contributed by atoms with Gasteiger partial charge in [0.25, 0.3) is 5.91 Å². The third-order valence-corrected chi connectivity index (χ3v) is 6.94. The quantitative estimate of drug-likeness (QED) is 0.328. The predicted molar refractivity (Wildman–Crippen MR) is 153 cm³/mol. The maximum absolute atomic E-state index is 14.6. The number of nitrogens with zero attached hydrogens (tertiary/aromatic N) is 2. The molecule has 41 heavy (non-hydrogen) atoms. The summed E-state index contributed by atoms with van der Waals surface area (Å²) in [7, 11) is 1.49. The van der Waals surface area contributed by atoms with Crippen molar-refractivity contribution in [1.29, 1.82) is 5.26 Å². The number of nitriles is 1. The van der Waals surface area contributed by atoms with E-state index >= 15 is 0 Å². The van der Waals surface area contributed by atoms with Gasteiger partial charge < -0.3 is 24.1 Å². The van der Waals surface area contributed by atoms with Crippen LogP contribution >= 0.6 is 0 Å². The molecule has 9 nitrogen and oxygen atoms in total. The van der Waals surface area contributed by atoms with E-state index in [1.807, 2.05) is 42.5 Å². The first kappa shape index (κ1) is 27.5. The van der Waals surface area contributed by atoms with Gasteiger partial charge in [-0.15, -0.1) is 0 Å². The van der Waals surface area contributed by atoms with Gasteiger partial charge in [0.05, 0.1) is 19.3 Å². The summed E-state index contributed by atoms with van der Waals surface area (Å²) < 4.78 is 16.4. The number of alkyl carbamates (subject to hydrolysis) is 1. The number of amides is 2. The Morgan fingerprint density at radius 1 is 1.05 bits per heavy atom. The molecule has 3 aromatic carbocycles. The molecule has 0 fully saturated rings. The van der Waals surface area contributed by atoms with Crippen LogP contribution in [-0.4, -0.2) is 24.7 Å². The minimum Gasteiger partial charge on any atom is -0.497 e. The summed E-state index contributed by atoms with van der Waals surface area (Å²) in [4.78, 5) is 42.5. The normalized spacial score (nSPS) is 16.3. The molecule has 1 atom stereocenters. The van der Waals surface area contributed by atoms with Crippen LogP contribution < -0.4 is 20.6 Å². The van der Waals surface area contributed by atoms with Gasteiger partial charge in [-0.05, 0) is 56.2 Å². The molecule has 0 bridgehead atoms. The maximum atomic E-state index is 14.6. The smallest absolute Gasteiger partial charge is 0.408 e. The van der Waals surface area contributed by atoms with Crippen molar-refractivity contribution in [2.45, 2.75) is 44.9 Å². The number of rotatable bonds is 6. The van der Waals surface area contributed by atoms with E-state index in [0.29, 0.717) is 22.4 Å². The van der Waals surface area contributed by atoms with Gasteiger partial charge in [0.1, 0.15) is 28.6 Å². The zero-order valence-corrected chi connectivity index (χ0v) is 23.2. The minimum absolute atomic E-state index is 0.217. The molecule has 1 aromatic heterocycles. The van der Waals surface area contributed by atoms with Gasteiger partial charge in [-0.1, -0.05) is 48.5 Å². The Morgan fingerprint density at radius 2 is 1.76 bits per heavy atom. The lowest BCUT2D eigenvalue weighted by molar-refractivity contribution is -0.124. The van der Waals surface area contributed by atoms with Gasteiger partial charge in [0.15, 0.2) is 5.54 Å². The number of carbonyl (C=O) groups excluding carboxylic acids is 2. The van der Waals surface area contributed by atoms with E-state index in [4.69, 9.17) is 13.9 Å². The summed E-state index contributed by atoms with van der Waals surface area (Å²) in [6.07, 6.45) is -1.03. The Bertz CT molecular complexity index is 1750. The number of para-hydroxylation sites is 1. The van der Waals surface area contributed by atoms with Crippen molar-refractivity contribution >= 4 is 28.7 Å². The number of hydrogen-bond donors (Lipinski definition) is 1. The number of methoxy groups -OCH3 is 1. The van der Waals surface area contributed by atoms with Crippen molar-refractivity contribution in [2.24, 2.45) is 0 Å². The van der Waals surface area contributed by atoms with Gasteiger partial charge in [0, 0.05) is 17.4 Å². The van der Waals surface area contributed by atoms with E-state index in [0.717, 1.165) is 5.56 Å². The number of ether oxygens (including phenoxy) is 2. The van der Waals surface area contributed by atoms with Crippen LogP contribution in [0.1, 0.15) is 43.0 Å². The standard InChI is InChI=1S/C32H29N3O6/c1-31(2,3)41-30(38)34-32(17-23-22-16-21(39-4)14-15-27(22)40-28(36)24(23)18-33)25-12-8-9-13-26(25)35(29(32)37)19-20-10-6-5-7-11-20/h5-16H,17,19H2,1-4H3,(H,34,38)/t32-/m0/s1. The number of fused-ring (bicyclic) bond motifs is 2. The lowest BCUT2D eigenvalue weighted by Gasteiger charge is -2.32. The fraction of sp³-hybridized carbons (Fsp3) is 0.250. The molecule has 0 radical (unpaired) electrons. The first-order valence-electron chi connectivity index (χ1n) is 13.1. The Labute approximate surface area is 236 Å². The molecular formula is C32H29N3O6. The number of anilines is 1. The van der Waals surface area contributed by atoms with E-state index in [1.54, 1.807) is 62.1 Å². The highest BCUT2D eigenvalue weighted by atomic mass is 16.6. The number of benzene rings is 3. The molecule has 1 aliphatic heterocycles. The molecule has 1 aliphatic rings. The van der Waals surface area contributed by atoms with E-state index in [1.165, 1.54) is 7.11 Å². The minimum atomic E-state index is -1.71. The topological polar surface area (TPSA) is 122 Å². The Morgan fingerprint density at radius 3 is 2.44 bits per heavy atom. The van der Waals surface area contributed by atoms with Crippen LogP contribution in [0.25, 0.3) is 11.0 Å². The highest BCUT2D eigenvalue weighted by Crippen LogP contribution is 2.44. The Kier molecular flexibility index (Phi) is 7.01. The molecule has 0 aliphatic carbocycles. The van der Waals surface area contributed by atoms with Crippen molar-refractivity contribution in [3.63, 3.8) is 0 Å². The second kappa shape index (κ2) is 10.5. The third kappa shape index (κ3) is 5.12. The van der Waals surface area contributed by atoms with Crippen LogP contribution in [0.15, 0.2) is 82.0 Å². The van der Waals surface area contributed by atoms with Crippen LogP contribution in [0.2, 0.25) is 0 Å². The molecule has 0 saturated heterocycles. The zero-order valence-electron chi connectivity index (χ0n) is 23.2. The van der Waals surface area contributed by atoms with Crippen molar-refractivity contribution in [3.8, 4) is 11.8 Å². The molecule has 2 heterocycles. The first-order valence-corrected chi connectivity index (χ1v) is 13.1. The van der Waals surface area contributed by atoms with E-state index in [2.05, 4.69) is 5.32 Å². The average Bonchev–Trinajstić information content (AvgIpc) is 3.15. The van der Waals surface area contributed by atoms with Gasteiger partial charge in [0.2, 0.25) is 0 Å². The zero-order chi connectivity index (χ0) is 29.4. The molecular weight excluding hydrogens is 522 g/mol. The Hall–Kier alpha value is -5.10. The molecule has 9 heteroatoms. The van der Waals surface area contributed by atoms with Crippen LogP contribution in [-0.2, 0) is 28.0 Å². The van der Waals surface area contributed by atoms with Crippen molar-refractivity contribution in [1.82, 2.24) is 5.32 Å². The van der Waals surface area contributed by atoms with Crippen molar-refractivity contribution in [2.75, 3.05) is 12.0 Å². The van der Waals surface area contributed by atoms with E-state index in [-0.39, 0.29) is 29.7 Å². The Balaban J connectivity index is 1.74. The summed E-state index contributed by atoms with van der Waals surface area (Å²) in [6, 6.07) is 23.4. The van der Waals surface area contributed by atoms with Gasteiger partial charge >= 0.3 is 11.7 Å². The lowest BCUT2D eigenvalue weighted by atomic mass is 9.82. The number of nitrogens with one attached hydrogen (secondary N) is 1. The van der Waals surface area contributed by atoms with Crippen molar-refractivity contribution in [3.05, 3.63) is 105 Å². The predicted octanol–water partition coefficient (Wildman–Crippen LogP) is 5.18. The summed E-state index contributed by atoms with van der Waals surface area (Å²) in [5.74, 6) is 0.0380. The number of carbonyl (C=O) groups is 2. The van der Waals surface area contributed by atoms with Crippen LogP contribution in [0.3, 0.4) is 0 Å². The SMILES string of the molecule is COc1ccc2oc(=O)c(C#N)c(C[C@@]3(NC(=O)OC(C)(C)C)C(=O)N(Cc4ccccc4)c4ccccc43)c2c1. The van der Waals surface area contributed by atoms with Gasteiger partial charge in [-0.25, -0.2) is 9.59 Å². The lowest BCUT2D eigenvalue weighted by Crippen LogP contribution is -2.55. The van der Waals surface area contributed by atoms with Crippen LogP contribution in [0, 0.1) is 11.3 Å². The van der Waals surface area contributed by atoms with Crippen molar-refractivity contribution < 1.29 is 23.5 Å². The fourth-order valence-electron chi connectivity index (χ4n) is 5.19. The van der Waals surface area contributed by atoms with Crippen LogP contribution in [0.4, 0.5) is 10.5 Å². The third-order valence-electron chi connectivity index (χ3n) is 6.94. The number of hydrogen-bond acceptors (Lipinski definition) is 7. The largest absolute Gasteiger partial charge is 0.497 e. The van der Waals surface area contributed by atoms with Gasteiger partial charge in [-0.2, -0.15) is 5.26 Å². The molecule has 4 aromatic rings. The molecule has 1 N–H and O–H groups in total. The molecule has 0 saturated carbocycles. The van der Waals surface area contributed by atoms with E-state index < -0.39 is 28.8 Å². The van der Waals surface area contributed by atoms with Gasteiger partial charge in [-0.3, -0.25) is 4.79 Å². The second-order valence-corrected chi connectivity index (χ2v) is 10.8. The molecule has 208 valence electrons. The summed E-state index contributed by atoms with van der Waals surface area (Å²) in [5, 5.41) is 13.3. The highest BCUT2D eigenvalue weighted by Gasteiger charge is 2.53. The molecule has 0 unspecified atom stereocenters. The monoisotopic (exact) mass is 551 g/mol. The highest BCUT2D eigenvalue weighted by molar-refractivity contribution is 6.09. The fourth-order valence-corrected chi connectivity index (χ4v) is 5.19. The molecule has 0 spiro atoms. The summed E-state index contributed by atoms with van der Waals surface area (Å²) in [6.45, 7) is 5.41. The summed E-state index contributed by atoms with van der Waals surface area (Å²) >= 11 is 0. The van der Waals surface area contributed by atoms with E-state index in [9.17, 15) is 19.6 Å². The second-order valence-electron chi connectivity index (χ2n) is 10.8.